The number of nitrogens with zero attached hydrogens (tertiary/aromatic N) is 1. The molecule has 2 aromatic heterocycles. The summed E-state index contributed by atoms with van der Waals surface area (Å²) in [5.74, 6) is 0. The van der Waals surface area contributed by atoms with Gasteiger partial charge in [-0.3, -0.25) is 0 Å². The molecule has 8 aromatic carbocycles. The third-order valence-corrected chi connectivity index (χ3v) is 10.8. The van der Waals surface area contributed by atoms with Crippen molar-refractivity contribution in [3.8, 4) is 22.3 Å². The lowest BCUT2D eigenvalue weighted by Crippen LogP contribution is -2.09. The van der Waals surface area contributed by atoms with Crippen LogP contribution in [0.1, 0.15) is 0 Å². The molecule has 0 aliphatic rings. The van der Waals surface area contributed by atoms with Crippen molar-refractivity contribution in [3.05, 3.63) is 176 Å². The van der Waals surface area contributed by atoms with E-state index in [1.807, 2.05) is 11.3 Å². The van der Waals surface area contributed by atoms with Gasteiger partial charge in [-0.25, -0.2) is 0 Å². The highest BCUT2D eigenvalue weighted by molar-refractivity contribution is 7.25. The minimum atomic E-state index is 0.916. The Balaban J connectivity index is 1.09. The summed E-state index contributed by atoms with van der Waals surface area (Å²) in [5, 5.41) is 7.27. The summed E-state index contributed by atoms with van der Waals surface area (Å²) in [6, 6.07) is 63.2. The van der Waals surface area contributed by atoms with Crippen molar-refractivity contribution in [2.75, 3.05) is 4.90 Å². The van der Waals surface area contributed by atoms with Crippen molar-refractivity contribution in [3.63, 3.8) is 0 Å². The van der Waals surface area contributed by atoms with Gasteiger partial charge in [0, 0.05) is 53.6 Å². The van der Waals surface area contributed by atoms with Gasteiger partial charge in [-0.2, -0.15) is 0 Å². The molecule has 230 valence electrons. The van der Waals surface area contributed by atoms with Gasteiger partial charge in [0.2, 0.25) is 0 Å². The molecule has 0 atom stereocenters. The summed E-state index contributed by atoms with van der Waals surface area (Å²) in [6.07, 6.45) is 0. The van der Waals surface area contributed by atoms with E-state index in [9.17, 15) is 0 Å². The average molecular weight is 644 g/mol. The summed E-state index contributed by atoms with van der Waals surface area (Å²) in [5.41, 5.74) is 9.79. The normalized spacial score (nSPS) is 11.7. The van der Waals surface area contributed by atoms with Gasteiger partial charge < -0.3 is 9.32 Å². The van der Waals surface area contributed by atoms with Gasteiger partial charge in [0.25, 0.3) is 0 Å². The first kappa shape index (κ1) is 27.9. The Morgan fingerprint density at radius 2 is 1.00 bits per heavy atom. The molecule has 0 amide bonds. The van der Waals surface area contributed by atoms with Gasteiger partial charge in [0.05, 0.1) is 0 Å². The van der Waals surface area contributed by atoms with Crippen LogP contribution in [0.5, 0.6) is 0 Å². The first-order valence-corrected chi connectivity index (χ1v) is 17.4. The summed E-state index contributed by atoms with van der Waals surface area (Å²) in [6.45, 7) is 0. The summed E-state index contributed by atoms with van der Waals surface area (Å²) in [4.78, 5) is 2.36. The van der Waals surface area contributed by atoms with Gasteiger partial charge in [-0.05, 0) is 88.1 Å². The largest absolute Gasteiger partial charge is 0.455 e. The second-order valence-corrected chi connectivity index (χ2v) is 13.6. The molecule has 10 aromatic rings. The Bertz CT molecular complexity index is 2810. The minimum Gasteiger partial charge on any atom is -0.455 e. The molecule has 0 aliphatic heterocycles. The molecular formula is C46H29NOS. The fourth-order valence-electron chi connectivity index (χ4n) is 7.23. The number of hydrogen-bond donors (Lipinski definition) is 0. The molecular weight excluding hydrogens is 615 g/mol. The molecule has 0 radical (unpaired) electrons. The maximum Gasteiger partial charge on any atom is 0.143 e. The zero-order valence-electron chi connectivity index (χ0n) is 26.5. The third-order valence-electron chi connectivity index (χ3n) is 9.65. The zero-order valence-corrected chi connectivity index (χ0v) is 27.3. The minimum absolute atomic E-state index is 0.916. The van der Waals surface area contributed by atoms with Gasteiger partial charge in [-0.1, -0.05) is 115 Å². The maximum absolute atomic E-state index is 6.57. The van der Waals surface area contributed by atoms with E-state index in [1.54, 1.807) is 0 Å². The fourth-order valence-corrected chi connectivity index (χ4v) is 8.32. The molecule has 0 N–H and O–H groups in total. The van der Waals surface area contributed by atoms with Gasteiger partial charge in [0.1, 0.15) is 11.2 Å². The standard InChI is InChI=1S/C46H29NOS/c1-2-9-30(10-3-1)31-17-21-35(22-18-31)47(37-25-26-45-42(29-37)39-13-6-7-16-44(39)49-45)36-23-19-32(20-24-36)38-14-8-15-40-41-27-33-11-4-5-12-34(33)28-43(41)48-46(38)40/h1-29H. The van der Waals surface area contributed by atoms with Crippen LogP contribution in [-0.2, 0) is 0 Å². The van der Waals surface area contributed by atoms with E-state index in [4.69, 9.17) is 4.42 Å². The first-order valence-electron chi connectivity index (χ1n) is 16.6. The lowest BCUT2D eigenvalue weighted by molar-refractivity contribution is 0.670. The Kier molecular flexibility index (Phi) is 6.39. The molecule has 2 heterocycles. The molecule has 0 saturated heterocycles. The number of furan rings is 1. The molecule has 3 heteroatoms. The Hall–Kier alpha value is -6.16. The first-order chi connectivity index (χ1) is 24.3. The highest BCUT2D eigenvalue weighted by Gasteiger charge is 2.17. The summed E-state index contributed by atoms with van der Waals surface area (Å²) < 4.78 is 9.18. The third kappa shape index (κ3) is 4.70. The molecule has 2 nitrogen and oxygen atoms in total. The highest BCUT2D eigenvalue weighted by Crippen LogP contribution is 2.42. The van der Waals surface area contributed by atoms with Crippen LogP contribution >= 0.6 is 11.3 Å². The van der Waals surface area contributed by atoms with Gasteiger partial charge >= 0.3 is 0 Å². The predicted molar refractivity (Wildman–Crippen MR) is 210 cm³/mol. The van der Waals surface area contributed by atoms with E-state index in [1.165, 1.54) is 42.1 Å². The van der Waals surface area contributed by atoms with Gasteiger partial charge in [0.15, 0.2) is 0 Å². The lowest BCUT2D eigenvalue weighted by Gasteiger charge is -2.26. The Morgan fingerprint density at radius 1 is 0.388 bits per heavy atom. The van der Waals surface area contributed by atoms with Crippen LogP contribution in [0.25, 0.3) is 75.1 Å². The van der Waals surface area contributed by atoms with Gasteiger partial charge in [-0.15, -0.1) is 11.3 Å². The Morgan fingerprint density at radius 3 is 1.80 bits per heavy atom. The molecule has 49 heavy (non-hydrogen) atoms. The topological polar surface area (TPSA) is 16.4 Å². The second kappa shape index (κ2) is 11.2. The summed E-state index contributed by atoms with van der Waals surface area (Å²) >= 11 is 1.85. The smallest absolute Gasteiger partial charge is 0.143 e. The van der Waals surface area contributed by atoms with Crippen LogP contribution in [0.15, 0.2) is 180 Å². The predicted octanol–water partition coefficient (Wildman–Crippen LogP) is 13.9. The van der Waals surface area contributed by atoms with Crippen molar-refractivity contribution >= 4 is 81.3 Å². The molecule has 0 saturated carbocycles. The molecule has 0 unspecified atom stereocenters. The molecule has 0 spiro atoms. The Labute approximate surface area is 287 Å². The van der Waals surface area contributed by atoms with Crippen LogP contribution in [0, 0.1) is 0 Å². The van der Waals surface area contributed by atoms with E-state index in [2.05, 4.69) is 181 Å². The molecule has 0 fully saturated rings. The van der Waals surface area contributed by atoms with Crippen LogP contribution in [0.3, 0.4) is 0 Å². The van der Waals surface area contributed by atoms with E-state index in [0.29, 0.717) is 0 Å². The number of anilines is 3. The number of thiophene rings is 1. The zero-order chi connectivity index (χ0) is 32.3. The maximum atomic E-state index is 6.57. The van der Waals surface area contributed by atoms with Crippen LogP contribution in [-0.4, -0.2) is 0 Å². The fraction of sp³-hybridized carbons (Fsp3) is 0. The number of hydrogen-bond acceptors (Lipinski definition) is 3. The number of benzene rings is 8. The number of fused-ring (bicyclic) bond motifs is 7. The lowest BCUT2D eigenvalue weighted by atomic mass is 10.0. The number of rotatable bonds is 5. The molecule has 10 rings (SSSR count). The summed E-state index contributed by atoms with van der Waals surface area (Å²) in [7, 11) is 0. The van der Waals surface area contributed by atoms with Crippen LogP contribution < -0.4 is 4.90 Å². The second-order valence-electron chi connectivity index (χ2n) is 12.6. The van der Waals surface area contributed by atoms with Crippen LogP contribution in [0.4, 0.5) is 17.1 Å². The van der Waals surface area contributed by atoms with E-state index < -0.39 is 0 Å². The number of para-hydroxylation sites is 1. The van der Waals surface area contributed by atoms with Crippen molar-refractivity contribution < 1.29 is 4.42 Å². The van der Waals surface area contributed by atoms with Crippen molar-refractivity contribution in [1.29, 1.82) is 0 Å². The van der Waals surface area contributed by atoms with Crippen molar-refractivity contribution in [2.24, 2.45) is 0 Å². The molecule has 0 aliphatic carbocycles. The average Bonchev–Trinajstić information content (AvgIpc) is 3.72. The SMILES string of the molecule is c1ccc(-c2ccc(N(c3ccc(-c4cccc5c4oc4cc6ccccc6cc45)cc3)c3ccc4sc5ccccc5c4c3)cc2)cc1. The highest BCUT2D eigenvalue weighted by atomic mass is 32.1. The van der Waals surface area contributed by atoms with Crippen molar-refractivity contribution in [2.45, 2.75) is 0 Å². The monoisotopic (exact) mass is 643 g/mol. The molecule has 0 bridgehead atoms. The van der Waals surface area contributed by atoms with E-state index >= 15 is 0 Å². The van der Waals surface area contributed by atoms with E-state index in [0.717, 1.165) is 50.1 Å². The van der Waals surface area contributed by atoms with Crippen LogP contribution in [0.2, 0.25) is 0 Å². The van der Waals surface area contributed by atoms with E-state index in [-0.39, 0.29) is 0 Å². The quantitative estimate of drug-likeness (QED) is 0.186. The van der Waals surface area contributed by atoms with Crippen molar-refractivity contribution in [1.82, 2.24) is 0 Å².